The predicted molar refractivity (Wildman–Crippen MR) is 61.2 cm³/mol. The number of halogens is 3. The normalized spacial score (nSPS) is 12.2. The zero-order chi connectivity index (χ0) is 13.2. The van der Waals surface area contributed by atoms with E-state index in [1.165, 1.54) is 0 Å². The van der Waals surface area contributed by atoms with Crippen molar-refractivity contribution in [2.75, 3.05) is 6.61 Å². The highest BCUT2D eigenvalue weighted by atomic mass is 19.4. The summed E-state index contributed by atoms with van der Waals surface area (Å²) in [4.78, 5) is 7.11. The molecule has 2 rings (SSSR count). The molecule has 18 heavy (non-hydrogen) atoms. The maximum Gasteiger partial charge on any atom is 0.411 e. The van der Waals surface area contributed by atoms with Crippen molar-refractivity contribution in [3.05, 3.63) is 29.6 Å². The van der Waals surface area contributed by atoms with E-state index in [9.17, 15) is 13.2 Å². The van der Waals surface area contributed by atoms with Gasteiger partial charge in [0.1, 0.15) is 19.0 Å². The lowest BCUT2D eigenvalue weighted by Gasteiger charge is -2.05. The molecule has 0 radical (unpaired) electrons. The molecular formula is C12H13F3N2O. The van der Waals surface area contributed by atoms with Crippen molar-refractivity contribution in [3.63, 3.8) is 0 Å². The molecule has 0 saturated heterocycles. The Morgan fingerprint density at radius 3 is 2.78 bits per heavy atom. The van der Waals surface area contributed by atoms with Crippen LogP contribution in [0.5, 0.6) is 0 Å². The number of aryl methyl sites for hydroxylation is 1. The highest BCUT2D eigenvalue weighted by molar-refractivity contribution is 5.75. The average molecular weight is 258 g/mol. The van der Waals surface area contributed by atoms with Gasteiger partial charge in [-0.3, -0.25) is 0 Å². The second-order valence-corrected chi connectivity index (χ2v) is 4.00. The molecule has 0 bridgehead atoms. The van der Waals surface area contributed by atoms with Crippen molar-refractivity contribution in [1.29, 1.82) is 0 Å². The van der Waals surface area contributed by atoms with E-state index >= 15 is 0 Å². The molecule has 2 aromatic rings. The van der Waals surface area contributed by atoms with Crippen LogP contribution in [0.2, 0.25) is 0 Å². The molecule has 6 heteroatoms. The van der Waals surface area contributed by atoms with Crippen molar-refractivity contribution in [2.24, 2.45) is 0 Å². The third-order valence-corrected chi connectivity index (χ3v) is 2.51. The van der Waals surface area contributed by atoms with Gasteiger partial charge in [0.25, 0.3) is 0 Å². The first-order chi connectivity index (χ1) is 8.48. The number of hydrogen-bond acceptors (Lipinski definition) is 2. The van der Waals surface area contributed by atoms with E-state index in [1.807, 2.05) is 25.1 Å². The number of aromatic amines is 1. The number of hydrogen-bond donors (Lipinski definition) is 1. The van der Waals surface area contributed by atoms with Gasteiger partial charge in [0.2, 0.25) is 0 Å². The maximum atomic E-state index is 11.9. The van der Waals surface area contributed by atoms with Gasteiger partial charge in [0.05, 0.1) is 11.0 Å². The zero-order valence-electron chi connectivity index (χ0n) is 9.84. The first kappa shape index (κ1) is 12.9. The molecule has 1 aromatic heterocycles. The van der Waals surface area contributed by atoms with Crippen LogP contribution in [-0.4, -0.2) is 22.8 Å². The number of nitrogens with one attached hydrogen (secondary N) is 1. The van der Waals surface area contributed by atoms with E-state index in [4.69, 9.17) is 0 Å². The third-order valence-electron chi connectivity index (χ3n) is 2.51. The lowest BCUT2D eigenvalue weighted by molar-refractivity contribution is -0.177. The molecule has 0 amide bonds. The van der Waals surface area contributed by atoms with Gasteiger partial charge in [-0.05, 0) is 24.1 Å². The molecule has 0 saturated carbocycles. The summed E-state index contributed by atoms with van der Waals surface area (Å²) in [6, 6.07) is 5.73. The number of aromatic nitrogens is 2. The highest BCUT2D eigenvalue weighted by Gasteiger charge is 2.27. The van der Waals surface area contributed by atoms with Gasteiger partial charge < -0.3 is 9.72 Å². The average Bonchev–Trinajstić information content (AvgIpc) is 2.68. The number of nitrogens with zero attached hydrogens (tertiary/aromatic N) is 1. The number of fused-ring (bicyclic) bond motifs is 1. The second-order valence-electron chi connectivity index (χ2n) is 4.00. The summed E-state index contributed by atoms with van der Waals surface area (Å²) in [5.41, 5.74) is 2.70. The van der Waals surface area contributed by atoms with Gasteiger partial charge in [-0.15, -0.1) is 0 Å². The molecule has 1 aromatic carbocycles. The van der Waals surface area contributed by atoms with Crippen molar-refractivity contribution < 1.29 is 17.9 Å². The summed E-state index contributed by atoms with van der Waals surface area (Å²) >= 11 is 0. The SMILES string of the molecule is CCc1ccc2nc(COCC(F)(F)F)[nH]c2c1. The molecule has 98 valence electrons. The summed E-state index contributed by atoms with van der Waals surface area (Å²) in [6.07, 6.45) is -3.41. The predicted octanol–water partition coefficient (Wildman–Crippen LogP) is 3.20. The molecule has 1 N–H and O–H groups in total. The minimum Gasteiger partial charge on any atom is -0.364 e. The summed E-state index contributed by atoms with van der Waals surface area (Å²) in [5.74, 6) is 0.405. The van der Waals surface area contributed by atoms with Crippen molar-refractivity contribution in [1.82, 2.24) is 9.97 Å². The topological polar surface area (TPSA) is 37.9 Å². The van der Waals surface area contributed by atoms with Crippen LogP contribution in [0.4, 0.5) is 13.2 Å². The fraction of sp³-hybridized carbons (Fsp3) is 0.417. The van der Waals surface area contributed by atoms with E-state index in [2.05, 4.69) is 14.7 Å². The minimum absolute atomic E-state index is 0.171. The molecule has 0 aliphatic carbocycles. The Morgan fingerprint density at radius 1 is 1.33 bits per heavy atom. The van der Waals surface area contributed by atoms with Gasteiger partial charge in [-0.2, -0.15) is 13.2 Å². The van der Waals surface area contributed by atoms with Gasteiger partial charge in [-0.25, -0.2) is 4.98 Å². The van der Waals surface area contributed by atoms with Crippen LogP contribution < -0.4 is 0 Å². The third kappa shape index (κ3) is 3.22. The second kappa shape index (κ2) is 4.97. The van der Waals surface area contributed by atoms with Gasteiger partial charge in [-0.1, -0.05) is 13.0 Å². The molecule has 0 aliphatic rings. The fourth-order valence-corrected chi connectivity index (χ4v) is 1.66. The maximum absolute atomic E-state index is 11.9. The van der Waals surface area contributed by atoms with Crippen LogP contribution in [0.15, 0.2) is 18.2 Å². The van der Waals surface area contributed by atoms with Crippen molar-refractivity contribution >= 4 is 11.0 Å². The summed E-state index contributed by atoms with van der Waals surface area (Å²) in [5, 5.41) is 0. The van der Waals surface area contributed by atoms with E-state index in [0.29, 0.717) is 5.82 Å². The first-order valence-electron chi connectivity index (χ1n) is 5.60. The Bertz CT molecular complexity index is 534. The van der Waals surface area contributed by atoms with E-state index in [-0.39, 0.29) is 6.61 Å². The lowest BCUT2D eigenvalue weighted by atomic mass is 10.1. The molecule has 0 atom stereocenters. The first-order valence-corrected chi connectivity index (χ1v) is 5.60. The Hall–Kier alpha value is -1.56. The molecular weight excluding hydrogens is 245 g/mol. The van der Waals surface area contributed by atoms with Gasteiger partial charge in [0, 0.05) is 0 Å². The highest BCUT2D eigenvalue weighted by Crippen LogP contribution is 2.17. The number of benzene rings is 1. The summed E-state index contributed by atoms with van der Waals surface area (Å²) in [7, 11) is 0. The number of rotatable bonds is 4. The molecule has 0 aliphatic heterocycles. The molecule has 1 heterocycles. The molecule has 0 fully saturated rings. The van der Waals surface area contributed by atoms with Crippen molar-refractivity contribution in [3.8, 4) is 0 Å². The monoisotopic (exact) mass is 258 g/mol. The molecule has 3 nitrogen and oxygen atoms in total. The Kier molecular flexibility index (Phi) is 3.56. The molecule has 0 unspecified atom stereocenters. The van der Waals surface area contributed by atoms with E-state index in [0.717, 1.165) is 23.0 Å². The Morgan fingerprint density at radius 2 is 2.11 bits per heavy atom. The number of ether oxygens (including phenoxy) is 1. The van der Waals surface area contributed by atoms with Crippen LogP contribution in [0, 0.1) is 0 Å². The quantitative estimate of drug-likeness (QED) is 0.914. The summed E-state index contributed by atoms with van der Waals surface area (Å²) < 4.78 is 40.3. The Balaban J connectivity index is 2.06. The van der Waals surface area contributed by atoms with Crippen LogP contribution in [0.25, 0.3) is 11.0 Å². The minimum atomic E-state index is -4.30. The van der Waals surface area contributed by atoms with E-state index < -0.39 is 12.8 Å². The van der Waals surface area contributed by atoms with Crippen LogP contribution in [-0.2, 0) is 17.8 Å². The van der Waals surface area contributed by atoms with Gasteiger partial charge in [0.15, 0.2) is 0 Å². The van der Waals surface area contributed by atoms with Crippen LogP contribution >= 0.6 is 0 Å². The smallest absolute Gasteiger partial charge is 0.364 e. The Labute approximate surface area is 102 Å². The largest absolute Gasteiger partial charge is 0.411 e. The van der Waals surface area contributed by atoms with Crippen LogP contribution in [0.3, 0.4) is 0 Å². The number of alkyl halides is 3. The van der Waals surface area contributed by atoms with Gasteiger partial charge >= 0.3 is 6.18 Å². The van der Waals surface area contributed by atoms with Crippen LogP contribution in [0.1, 0.15) is 18.3 Å². The fourth-order valence-electron chi connectivity index (χ4n) is 1.66. The van der Waals surface area contributed by atoms with Crippen molar-refractivity contribution in [2.45, 2.75) is 26.1 Å². The standard InChI is InChI=1S/C12H13F3N2O/c1-2-8-3-4-9-10(5-8)17-11(16-9)6-18-7-12(13,14)15/h3-5H,2,6-7H2,1H3,(H,16,17). The van der Waals surface area contributed by atoms with E-state index in [1.54, 1.807) is 0 Å². The molecule has 0 spiro atoms. The zero-order valence-corrected chi connectivity index (χ0v) is 9.84. The summed E-state index contributed by atoms with van der Waals surface area (Å²) in [6.45, 7) is 0.602. The number of imidazole rings is 1. The number of H-pyrrole nitrogens is 1. The lowest BCUT2D eigenvalue weighted by Crippen LogP contribution is -2.16.